The number of nitrogens with two attached hydrogens (primary N) is 1. The highest BCUT2D eigenvalue weighted by Crippen LogP contribution is 2.17. The minimum Gasteiger partial charge on any atom is -0.492 e. The largest absolute Gasteiger partial charge is 0.492 e. The number of hydrogen-bond donors (Lipinski definition) is 2. The van der Waals surface area contributed by atoms with Gasteiger partial charge in [0, 0.05) is 11.6 Å². The van der Waals surface area contributed by atoms with Gasteiger partial charge in [0.2, 0.25) is 0 Å². The van der Waals surface area contributed by atoms with Gasteiger partial charge in [0.05, 0.1) is 12.6 Å². The van der Waals surface area contributed by atoms with Crippen molar-refractivity contribution in [2.45, 2.75) is 13.0 Å². The Bertz CT molecular complexity index is 310. The fraction of sp³-hybridized carbons (Fsp3) is 0.455. The molecule has 1 atom stereocenters. The van der Waals surface area contributed by atoms with Gasteiger partial charge in [-0.2, -0.15) is 0 Å². The molecule has 5 heteroatoms. The maximum Gasteiger partial charge on any atom is 0.120 e. The molecule has 0 spiro atoms. The van der Waals surface area contributed by atoms with Crippen molar-refractivity contribution < 1.29 is 9.47 Å². The van der Waals surface area contributed by atoms with Crippen LogP contribution in [-0.4, -0.2) is 25.9 Å². The molecular formula is C11H17ClN2O2. The molecular weight excluding hydrogens is 228 g/mol. The van der Waals surface area contributed by atoms with Gasteiger partial charge >= 0.3 is 0 Å². The van der Waals surface area contributed by atoms with Gasteiger partial charge in [0.1, 0.15) is 12.4 Å². The van der Waals surface area contributed by atoms with Crippen LogP contribution in [0.25, 0.3) is 0 Å². The first-order valence-electron chi connectivity index (χ1n) is 5.18. The lowest BCUT2D eigenvalue weighted by Gasteiger charge is -2.16. The SMILES string of the molecule is CCOCC(COc1cccc(Cl)c1)NN. The number of benzene rings is 1. The van der Waals surface area contributed by atoms with Crippen LogP contribution in [0.15, 0.2) is 24.3 Å². The lowest BCUT2D eigenvalue weighted by molar-refractivity contribution is 0.103. The first-order valence-corrected chi connectivity index (χ1v) is 5.56. The van der Waals surface area contributed by atoms with Gasteiger partial charge in [-0.25, -0.2) is 0 Å². The fourth-order valence-electron chi connectivity index (χ4n) is 1.16. The maximum atomic E-state index is 5.83. The van der Waals surface area contributed by atoms with Gasteiger partial charge in [-0.3, -0.25) is 11.3 Å². The zero-order valence-corrected chi connectivity index (χ0v) is 10.0. The topological polar surface area (TPSA) is 56.5 Å². The highest BCUT2D eigenvalue weighted by atomic mass is 35.5. The van der Waals surface area contributed by atoms with E-state index in [9.17, 15) is 0 Å². The van der Waals surface area contributed by atoms with Crippen molar-refractivity contribution in [3.05, 3.63) is 29.3 Å². The second-order valence-electron chi connectivity index (χ2n) is 3.29. The second-order valence-corrected chi connectivity index (χ2v) is 3.73. The van der Waals surface area contributed by atoms with Crippen molar-refractivity contribution in [3.63, 3.8) is 0 Å². The van der Waals surface area contributed by atoms with E-state index < -0.39 is 0 Å². The van der Waals surface area contributed by atoms with Crippen molar-refractivity contribution in [3.8, 4) is 5.75 Å². The number of nitrogens with one attached hydrogen (secondary N) is 1. The van der Waals surface area contributed by atoms with E-state index >= 15 is 0 Å². The van der Waals surface area contributed by atoms with Gasteiger partial charge in [-0.05, 0) is 25.1 Å². The molecule has 3 N–H and O–H groups in total. The molecule has 0 bridgehead atoms. The first-order chi connectivity index (χ1) is 7.76. The van der Waals surface area contributed by atoms with E-state index in [4.69, 9.17) is 26.9 Å². The Morgan fingerprint density at radius 2 is 2.25 bits per heavy atom. The summed E-state index contributed by atoms with van der Waals surface area (Å²) in [6.07, 6.45) is 0. The first kappa shape index (κ1) is 13.3. The van der Waals surface area contributed by atoms with Gasteiger partial charge in [0.15, 0.2) is 0 Å². The van der Waals surface area contributed by atoms with Gasteiger partial charge in [0.25, 0.3) is 0 Å². The third-order valence-electron chi connectivity index (χ3n) is 2.01. The van der Waals surface area contributed by atoms with Crippen LogP contribution in [0, 0.1) is 0 Å². The molecule has 1 unspecified atom stereocenters. The summed E-state index contributed by atoms with van der Waals surface area (Å²) in [6.45, 7) is 3.56. The molecule has 0 saturated carbocycles. The number of hydrogen-bond acceptors (Lipinski definition) is 4. The van der Waals surface area contributed by atoms with Crippen molar-refractivity contribution in [1.29, 1.82) is 0 Å². The number of hydrazine groups is 1. The Labute approximate surface area is 101 Å². The minimum absolute atomic E-state index is 0.0288. The van der Waals surface area contributed by atoms with Crippen LogP contribution in [0.5, 0.6) is 5.75 Å². The van der Waals surface area contributed by atoms with Crippen molar-refractivity contribution in [2.24, 2.45) is 5.84 Å². The van der Waals surface area contributed by atoms with Crippen molar-refractivity contribution in [2.75, 3.05) is 19.8 Å². The molecule has 0 aromatic heterocycles. The summed E-state index contributed by atoms with van der Waals surface area (Å²) >= 11 is 5.83. The molecule has 1 aromatic carbocycles. The molecule has 0 fully saturated rings. The molecule has 0 radical (unpaired) electrons. The lowest BCUT2D eigenvalue weighted by Crippen LogP contribution is -2.43. The zero-order chi connectivity index (χ0) is 11.8. The summed E-state index contributed by atoms with van der Waals surface area (Å²) in [5.41, 5.74) is 2.64. The van der Waals surface area contributed by atoms with Crippen LogP contribution in [-0.2, 0) is 4.74 Å². The average molecular weight is 245 g/mol. The average Bonchev–Trinajstić information content (AvgIpc) is 2.29. The van der Waals surface area contributed by atoms with E-state index in [0.29, 0.717) is 24.8 Å². The molecule has 0 aliphatic heterocycles. The third kappa shape index (κ3) is 4.81. The van der Waals surface area contributed by atoms with E-state index in [0.717, 1.165) is 5.75 Å². The second kappa shape index (κ2) is 7.46. The molecule has 0 aliphatic carbocycles. The third-order valence-corrected chi connectivity index (χ3v) is 2.24. The highest BCUT2D eigenvalue weighted by Gasteiger charge is 2.07. The van der Waals surface area contributed by atoms with Crippen LogP contribution < -0.4 is 16.0 Å². The smallest absolute Gasteiger partial charge is 0.120 e. The normalized spacial score (nSPS) is 12.4. The Morgan fingerprint density at radius 1 is 1.44 bits per heavy atom. The van der Waals surface area contributed by atoms with Gasteiger partial charge in [-0.15, -0.1) is 0 Å². The monoisotopic (exact) mass is 244 g/mol. The predicted octanol–water partition coefficient (Wildman–Crippen LogP) is 1.59. The summed E-state index contributed by atoms with van der Waals surface area (Å²) in [5, 5.41) is 0.652. The van der Waals surface area contributed by atoms with Crippen LogP contribution in [0.1, 0.15) is 6.92 Å². The van der Waals surface area contributed by atoms with E-state index in [1.165, 1.54) is 0 Å². The molecule has 90 valence electrons. The van der Waals surface area contributed by atoms with Gasteiger partial charge < -0.3 is 9.47 Å². The summed E-state index contributed by atoms with van der Waals surface area (Å²) < 4.78 is 10.8. The van der Waals surface area contributed by atoms with Crippen LogP contribution in [0.2, 0.25) is 5.02 Å². The van der Waals surface area contributed by atoms with E-state index in [-0.39, 0.29) is 6.04 Å². The summed E-state index contributed by atoms with van der Waals surface area (Å²) in [7, 11) is 0. The van der Waals surface area contributed by atoms with Crippen LogP contribution >= 0.6 is 11.6 Å². The van der Waals surface area contributed by atoms with E-state index in [1.54, 1.807) is 12.1 Å². The molecule has 0 heterocycles. The number of halogens is 1. The molecule has 1 aromatic rings. The highest BCUT2D eigenvalue weighted by molar-refractivity contribution is 6.30. The zero-order valence-electron chi connectivity index (χ0n) is 9.28. The van der Waals surface area contributed by atoms with E-state index in [1.807, 2.05) is 19.1 Å². The number of rotatable bonds is 7. The molecule has 0 amide bonds. The predicted molar refractivity (Wildman–Crippen MR) is 64.6 cm³/mol. The minimum atomic E-state index is -0.0288. The Hall–Kier alpha value is -0.810. The Kier molecular flexibility index (Phi) is 6.18. The summed E-state index contributed by atoms with van der Waals surface area (Å²) in [6, 6.07) is 7.22. The fourth-order valence-corrected chi connectivity index (χ4v) is 1.34. The molecule has 4 nitrogen and oxygen atoms in total. The maximum absolute atomic E-state index is 5.83. The molecule has 0 aliphatic rings. The lowest BCUT2D eigenvalue weighted by atomic mass is 10.3. The quantitative estimate of drug-likeness (QED) is 0.565. The standard InChI is InChI=1S/C11H17ClN2O2/c1-2-15-7-10(14-13)8-16-11-5-3-4-9(12)6-11/h3-6,10,14H,2,7-8,13H2,1H3. The Balaban J connectivity index is 2.37. The Morgan fingerprint density at radius 3 is 2.88 bits per heavy atom. The summed E-state index contributed by atoms with van der Waals surface area (Å²) in [4.78, 5) is 0. The van der Waals surface area contributed by atoms with Crippen molar-refractivity contribution in [1.82, 2.24) is 5.43 Å². The molecule has 0 saturated heterocycles. The van der Waals surface area contributed by atoms with Crippen LogP contribution in [0.4, 0.5) is 0 Å². The van der Waals surface area contributed by atoms with Crippen molar-refractivity contribution >= 4 is 11.6 Å². The molecule has 1 rings (SSSR count). The van der Waals surface area contributed by atoms with Gasteiger partial charge in [-0.1, -0.05) is 17.7 Å². The van der Waals surface area contributed by atoms with E-state index in [2.05, 4.69) is 5.43 Å². The molecule has 16 heavy (non-hydrogen) atoms. The summed E-state index contributed by atoms with van der Waals surface area (Å²) in [5.74, 6) is 6.10. The van der Waals surface area contributed by atoms with Crippen LogP contribution in [0.3, 0.4) is 0 Å². The number of ether oxygens (including phenoxy) is 2.